The largest absolute Gasteiger partial charge is 0.469 e. The molecule has 0 aromatic heterocycles. The standard InChI is InChI=1S/C22H29NO4S/c1-16(23-21(25)10-6-7-13-24)28-20-14-18(17-8-4-3-5-9-17)11-12-19(20)15-22(26)27-2/h3-5,8-9,13,16,18H,6-7,10-12,14-15H2,1-2H3,(H,23,25). The van der Waals surface area contributed by atoms with Crippen molar-refractivity contribution in [3.05, 3.63) is 46.4 Å². The van der Waals surface area contributed by atoms with Gasteiger partial charge in [0.05, 0.1) is 18.9 Å². The van der Waals surface area contributed by atoms with Crippen LogP contribution in [0.1, 0.15) is 63.4 Å². The number of esters is 1. The molecular formula is C22H29NO4S. The van der Waals surface area contributed by atoms with Gasteiger partial charge in [-0.25, -0.2) is 0 Å². The molecular weight excluding hydrogens is 374 g/mol. The molecule has 0 saturated carbocycles. The quantitative estimate of drug-likeness (QED) is 0.272. The number of carbonyl (C=O) groups excluding carboxylic acids is 3. The van der Waals surface area contributed by atoms with Crippen LogP contribution in [-0.2, 0) is 19.1 Å². The number of carbonyl (C=O) groups is 3. The summed E-state index contributed by atoms with van der Waals surface area (Å²) in [5.41, 5.74) is 2.43. The van der Waals surface area contributed by atoms with Crippen LogP contribution in [0.5, 0.6) is 0 Å². The van der Waals surface area contributed by atoms with Crippen LogP contribution >= 0.6 is 11.8 Å². The molecule has 28 heavy (non-hydrogen) atoms. The summed E-state index contributed by atoms with van der Waals surface area (Å²) in [4.78, 5) is 35.4. The minimum absolute atomic E-state index is 0.0487. The molecule has 2 atom stereocenters. The average Bonchev–Trinajstić information content (AvgIpc) is 2.70. The highest BCUT2D eigenvalue weighted by atomic mass is 32.2. The first-order valence-corrected chi connectivity index (χ1v) is 10.6. The van der Waals surface area contributed by atoms with E-state index < -0.39 is 0 Å². The third-order valence-corrected chi connectivity index (χ3v) is 6.10. The lowest BCUT2D eigenvalue weighted by atomic mass is 9.83. The van der Waals surface area contributed by atoms with E-state index >= 15 is 0 Å². The zero-order chi connectivity index (χ0) is 20.4. The van der Waals surface area contributed by atoms with Crippen molar-refractivity contribution in [3.63, 3.8) is 0 Å². The van der Waals surface area contributed by atoms with Crippen molar-refractivity contribution in [1.82, 2.24) is 5.32 Å². The maximum absolute atomic E-state index is 12.0. The van der Waals surface area contributed by atoms with Gasteiger partial charge in [-0.2, -0.15) is 0 Å². The Balaban J connectivity index is 2.05. The number of amides is 1. The number of unbranched alkanes of at least 4 members (excludes halogenated alkanes) is 1. The van der Waals surface area contributed by atoms with Gasteiger partial charge in [0.15, 0.2) is 0 Å². The molecule has 2 unspecified atom stereocenters. The summed E-state index contributed by atoms with van der Waals surface area (Å²) in [5, 5.41) is 2.89. The molecule has 0 bridgehead atoms. The lowest BCUT2D eigenvalue weighted by molar-refractivity contribution is -0.139. The van der Waals surface area contributed by atoms with Gasteiger partial charge in [0.25, 0.3) is 0 Å². The van der Waals surface area contributed by atoms with Crippen molar-refractivity contribution in [1.29, 1.82) is 0 Å². The van der Waals surface area contributed by atoms with Crippen molar-refractivity contribution < 1.29 is 19.1 Å². The molecule has 152 valence electrons. The summed E-state index contributed by atoms with van der Waals surface area (Å²) in [6, 6.07) is 10.4. The molecule has 1 aliphatic carbocycles. The number of nitrogens with one attached hydrogen (secondary N) is 1. The SMILES string of the molecule is COC(=O)CC1=C(SC(C)NC(=O)CCCC=O)CC(c2ccccc2)CC1. The van der Waals surface area contributed by atoms with Gasteiger partial charge in [-0.3, -0.25) is 9.59 Å². The van der Waals surface area contributed by atoms with Crippen LogP contribution in [0.2, 0.25) is 0 Å². The van der Waals surface area contributed by atoms with Crippen LogP contribution in [-0.4, -0.2) is 30.6 Å². The van der Waals surface area contributed by atoms with Gasteiger partial charge < -0.3 is 14.8 Å². The number of thioether (sulfide) groups is 1. The van der Waals surface area contributed by atoms with Crippen LogP contribution in [0.25, 0.3) is 0 Å². The molecule has 0 saturated heterocycles. The fourth-order valence-electron chi connectivity index (χ4n) is 3.42. The molecule has 0 fully saturated rings. The van der Waals surface area contributed by atoms with E-state index in [1.54, 1.807) is 11.8 Å². The van der Waals surface area contributed by atoms with Gasteiger partial charge in [0.2, 0.25) is 5.91 Å². The Kier molecular flexibility index (Phi) is 9.28. The summed E-state index contributed by atoms with van der Waals surface area (Å²) in [6.45, 7) is 1.96. The Labute approximate surface area is 171 Å². The summed E-state index contributed by atoms with van der Waals surface area (Å²) < 4.78 is 4.86. The third-order valence-electron chi connectivity index (χ3n) is 4.89. The molecule has 0 spiro atoms. The fraction of sp³-hybridized carbons (Fsp3) is 0.500. The van der Waals surface area contributed by atoms with Crippen LogP contribution in [0.15, 0.2) is 40.8 Å². The lowest BCUT2D eigenvalue weighted by Gasteiger charge is -2.29. The van der Waals surface area contributed by atoms with E-state index in [9.17, 15) is 14.4 Å². The molecule has 5 nitrogen and oxygen atoms in total. The first-order valence-electron chi connectivity index (χ1n) is 9.75. The maximum Gasteiger partial charge on any atom is 0.309 e. The van der Waals surface area contributed by atoms with Gasteiger partial charge in [-0.1, -0.05) is 30.3 Å². The minimum atomic E-state index is -0.225. The van der Waals surface area contributed by atoms with Crippen molar-refractivity contribution in [2.24, 2.45) is 0 Å². The number of methoxy groups -OCH3 is 1. The molecule has 0 aliphatic heterocycles. The van der Waals surface area contributed by atoms with Gasteiger partial charge >= 0.3 is 5.97 Å². The zero-order valence-electron chi connectivity index (χ0n) is 16.6. The fourth-order valence-corrected chi connectivity index (χ4v) is 4.68. The van der Waals surface area contributed by atoms with E-state index in [0.29, 0.717) is 31.6 Å². The third kappa shape index (κ3) is 7.15. The van der Waals surface area contributed by atoms with Gasteiger partial charge in [-0.05, 0) is 54.6 Å². The zero-order valence-corrected chi connectivity index (χ0v) is 17.4. The van der Waals surface area contributed by atoms with E-state index in [-0.39, 0.29) is 17.3 Å². The monoisotopic (exact) mass is 403 g/mol. The molecule has 6 heteroatoms. The molecule has 0 heterocycles. The van der Waals surface area contributed by atoms with E-state index in [2.05, 4.69) is 29.6 Å². The molecule has 1 aromatic carbocycles. The van der Waals surface area contributed by atoms with Gasteiger partial charge in [0.1, 0.15) is 6.29 Å². The van der Waals surface area contributed by atoms with E-state index in [4.69, 9.17) is 4.74 Å². The highest BCUT2D eigenvalue weighted by Gasteiger charge is 2.25. The number of ether oxygens (including phenoxy) is 1. The van der Waals surface area contributed by atoms with Crippen molar-refractivity contribution in [2.75, 3.05) is 7.11 Å². The Hall–Kier alpha value is -2.08. The number of aldehydes is 1. The number of benzene rings is 1. The predicted octanol–water partition coefficient (Wildman–Crippen LogP) is 4.34. The second kappa shape index (κ2) is 11.7. The number of hydrogen-bond acceptors (Lipinski definition) is 5. The number of rotatable bonds is 10. The smallest absolute Gasteiger partial charge is 0.309 e. The van der Waals surface area contributed by atoms with Crippen molar-refractivity contribution in [3.8, 4) is 0 Å². The molecule has 1 N–H and O–H groups in total. The Morgan fingerprint density at radius 2 is 2.07 bits per heavy atom. The summed E-state index contributed by atoms with van der Waals surface area (Å²) >= 11 is 1.62. The summed E-state index contributed by atoms with van der Waals surface area (Å²) in [6.07, 6.45) is 5.20. The first kappa shape index (κ1) is 22.2. The highest BCUT2D eigenvalue weighted by molar-refractivity contribution is 8.03. The van der Waals surface area contributed by atoms with Crippen LogP contribution in [0.3, 0.4) is 0 Å². The maximum atomic E-state index is 12.0. The predicted molar refractivity (Wildman–Crippen MR) is 112 cm³/mol. The van der Waals surface area contributed by atoms with E-state index in [1.807, 2.05) is 13.0 Å². The molecule has 1 aromatic rings. The Bertz CT molecular complexity index is 702. The minimum Gasteiger partial charge on any atom is -0.469 e. The second-order valence-corrected chi connectivity index (χ2v) is 8.45. The van der Waals surface area contributed by atoms with Crippen molar-refractivity contribution >= 4 is 29.9 Å². The van der Waals surface area contributed by atoms with E-state index in [0.717, 1.165) is 31.1 Å². The second-order valence-electron chi connectivity index (χ2n) is 7.02. The van der Waals surface area contributed by atoms with Crippen molar-refractivity contribution in [2.45, 2.75) is 63.2 Å². The number of hydrogen-bond donors (Lipinski definition) is 1. The lowest BCUT2D eigenvalue weighted by Crippen LogP contribution is -2.30. The molecule has 2 rings (SSSR count). The van der Waals surface area contributed by atoms with Gasteiger partial charge in [0, 0.05) is 12.8 Å². The number of allylic oxidation sites excluding steroid dienone is 1. The summed E-state index contributed by atoms with van der Waals surface area (Å²) in [7, 11) is 1.41. The highest BCUT2D eigenvalue weighted by Crippen LogP contribution is 2.43. The average molecular weight is 404 g/mol. The van der Waals surface area contributed by atoms with Gasteiger partial charge in [-0.15, -0.1) is 11.8 Å². The topological polar surface area (TPSA) is 72.5 Å². The molecule has 1 aliphatic rings. The summed E-state index contributed by atoms with van der Waals surface area (Å²) in [5.74, 6) is 0.143. The Morgan fingerprint density at radius 3 is 2.75 bits per heavy atom. The first-order chi connectivity index (χ1) is 13.5. The molecule has 0 radical (unpaired) electrons. The van der Waals surface area contributed by atoms with Crippen LogP contribution in [0.4, 0.5) is 0 Å². The van der Waals surface area contributed by atoms with Crippen LogP contribution < -0.4 is 5.32 Å². The Morgan fingerprint density at radius 1 is 1.32 bits per heavy atom. The normalized spacial score (nSPS) is 17.7. The van der Waals surface area contributed by atoms with E-state index in [1.165, 1.54) is 17.6 Å². The molecule has 1 amide bonds. The van der Waals surface area contributed by atoms with Crippen LogP contribution in [0, 0.1) is 0 Å².